The van der Waals surface area contributed by atoms with Gasteiger partial charge in [-0.25, -0.2) is 0 Å². The molecule has 0 saturated carbocycles. The van der Waals surface area contributed by atoms with Gasteiger partial charge in [0, 0.05) is 0 Å². The first-order chi connectivity index (χ1) is 11.1. The molecule has 4 heteroatoms. The van der Waals surface area contributed by atoms with Crippen LogP contribution in [0.3, 0.4) is 0 Å². The first kappa shape index (κ1) is 16.9. The molecule has 0 aliphatic carbocycles. The molecule has 0 aliphatic heterocycles. The number of amides is 1. The van der Waals surface area contributed by atoms with Gasteiger partial charge in [0.1, 0.15) is 0 Å². The maximum Gasteiger partial charge on any atom is 0.258 e. The first-order valence-electron chi connectivity index (χ1n) is 7.75. The zero-order chi connectivity index (χ0) is 16.7. The largest absolute Gasteiger partial charge is 0.493 e. The fourth-order valence-electron chi connectivity index (χ4n) is 2.34. The van der Waals surface area contributed by atoms with Gasteiger partial charge in [-0.15, -0.1) is 0 Å². The summed E-state index contributed by atoms with van der Waals surface area (Å²) in [6.07, 6.45) is 0.823. The molecule has 0 fully saturated rings. The lowest BCUT2D eigenvalue weighted by molar-refractivity contribution is -0.123. The summed E-state index contributed by atoms with van der Waals surface area (Å²) in [4.78, 5) is 12.1. The second-order valence-electron chi connectivity index (χ2n) is 5.38. The van der Waals surface area contributed by atoms with Crippen LogP contribution < -0.4 is 14.8 Å². The minimum atomic E-state index is -0.150. The summed E-state index contributed by atoms with van der Waals surface area (Å²) in [6, 6.07) is 15.5. The third kappa shape index (κ3) is 4.74. The SMILES string of the molecule is CCC(NC(=O)COc1ccccc1OC)c1ccc(C)cc1. The number of benzene rings is 2. The van der Waals surface area contributed by atoms with E-state index in [0.717, 1.165) is 12.0 Å². The van der Waals surface area contributed by atoms with Crippen molar-refractivity contribution in [1.29, 1.82) is 0 Å². The Hall–Kier alpha value is -2.49. The summed E-state index contributed by atoms with van der Waals surface area (Å²) in [5.74, 6) is 1.03. The molecule has 2 aromatic carbocycles. The average Bonchev–Trinajstić information content (AvgIpc) is 2.59. The maximum atomic E-state index is 12.1. The number of hydrogen-bond acceptors (Lipinski definition) is 3. The lowest BCUT2D eigenvalue weighted by Crippen LogP contribution is -2.32. The van der Waals surface area contributed by atoms with E-state index in [2.05, 4.69) is 17.4 Å². The summed E-state index contributed by atoms with van der Waals surface area (Å²) in [7, 11) is 1.58. The maximum absolute atomic E-state index is 12.1. The standard InChI is InChI=1S/C19H23NO3/c1-4-16(15-11-9-14(2)10-12-15)20-19(21)13-23-18-8-6-5-7-17(18)22-3/h5-12,16H,4,13H2,1-3H3,(H,20,21). The van der Waals surface area contributed by atoms with E-state index in [4.69, 9.17) is 9.47 Å². The molecule has 0 spiro atoms. The third-order valence-corrected chi connectivity index (χ3v) is 3.65. The van der Waals surface area contributed by atoms with Gasteiger partial charge in [-0.2, -0.15) is 0 Å². The van der Waals surface area contributed by atoms with Crippen molar-refractivity contribution in [3.8, 4) is 11.5 Å². The van der Waals surface area contributed by atoms with Crippen LogP contribution in [-0.2, 0) is 4.79 Å². The van der Waals surface area contributed by atoms with Gasteiger partial charge in [-0.05, 0) is 31.0 Å². The van der Waals surface area contributed by atoms with Crippen LogP contribution in [0, 0.1) is 6.92 Å². The molecule has 4 nitrogen and oxygen atoms in total. The van der Waals surface area contributed by atoms with Gasteiger partial charge in [0.2, 0.25) is 0 Å². The van der Waals surface area contributed by atoms with Gasteiger partial charge in [0.15, 0.2) is 18.1 Å². The number of methoxy groups -OCH3 is 1. The van der Waals surface area contributed by atoms with Gasteiger partial charge >= 0.3 is 0 Å². The lowest BCUT2D eigenvalue weighted by Gasteiger charge is -2.18. The molecule has 1 atom stereocenters. The van der Waals surface area contributed by atoms with Crippen LogP contribution in [-0.4, -0.2) is 19.6 Å². The van der Waals surface area contributed by atoms with Crippen LogP contribution in [0.2, 0.25) is 0 Å². The number of para-hydroxylation sites is 2. The normalized spacial score (nSPS) is 11.6. The molecule has 0 aliphatic rings. The molecule has 23 heavy (non-hydrogen) atoms. The van der Waals surface area contributed by atoms with Crippen LogP contribution in [0.25, 0.3) is 0 Å². The van der Waals surface area contributed by atoms with Gasteiger partial charge in [0.25, 0.3) is 5.91 Å². The van der Waals surface area contributed by atoms with Crippen molar-refractivity contribution in [2.24, 2.45) is 0 Å². The Morgan fingerprint density at radius 3 is 2.35 bits per heavy atom. The van der Waals surface area contributed by atoms with Crippen molar-refractivity contribution in [2.75, 3.05) is 13.7 Å². The van der Waals surface area contributed by atoms with E-state index in [1.165, 1.54) is 5.56 Å². The second-order valence-corrected chi connectivity index (χ2v) is 5.38. The highest BCUT2D eigenvalue weighted by Crippen LogP contribution is 2.25. The summed E-state index contributed by atoms with van der Waals surface area (Å²) >= 11 is 0. The molecule has 2 rings (SSSR count). The smallest absolute Gasteiger partial charge is 0.258 e. The quantitative estimate of drug-likeness (QED) is 0.849. The van der Waals surface area contributed by atoms with E-state index in [9.17, 15) is 4.79 Å². The molecule has 0 heterocycles. The average molecular weight is 313 g/mol. The van der Waals surface area contributed by atoms with Gasteiger partial charge in [0.05, 0.1) is 13.2 Å². The van der Waals surface area contributed by atoms with Crippen molar-refractivity contribution < 1.29 is 14.3 Å². The molecule has 0 radical (unpaired) electrons. The molecule has 0 saturated heterocycles. The zero-order valence-corrected chi connectivity index (χ0v) is 13.8. The van der Waals surface area contributed by atoms with E-state index in [1.807, 2.05) is 38.1 Å². The number of aryl methyl sites for hydroxylation is 1. The Kier molecular flexibility index (Phi) is 6.03. The monoisotopic (exact) mass is 313 g/mol. The second kappa shape index (κ2) is 8.22. The summed E-state index contributed by atoms with van der Waals surface area (Å²) in [5.41, 5.74) is 2.30. The van der Waals surface area contributed by atoms with Crippen LogP contribution >= 0.6 is 0 Å². The van der Waals surface area contributed by atoms with Crippen LogP contribution in [0.5, 0.6) is 11.5 Å². The highest BCUT2D eigenvalue weighted by molar-refractivity contribution is 5.78. The van der Waals surface area contributed by atoms with E-state index >= 15 is 0 Å². The van der Waals surface area contributed by atoms with Crippen LogP contribution in [0.1, 0.15) is 30.5 Å². The molecule has 1 unspecified atom stereocenters. The molecule has 1 amide bonds. The topological polar surface area (TPSA) is 47.6 Å². The minimum absolute atomic E-state index is 0.00984. The number of carbonyl (C=O) groups excluding carboxylic acids is 1. The molecular weight excluding hydrogens is 290 g/mol. The van der Waals surface area contributed by atoms with Gasteiger partial charge in [-0.3, -0.25) is 4.79 Å². The number of rotatable bonds is 7. The van der Waals surface area contributed by atoms with Gasteiger partial charge < -0.3 is 14.8 Å². The minimum Gasteiger partial charge on any atom is -0.493 e. The molecule has 2 aromatic rings. The summed E-state index contributed by atoms with van der Waals surface area (Å²) in [5, 5.41) is 3.01. The Morgan fingerprint density at radius 2 is 1.74 bits per heavy atom. The third-order valence-electron chi connectivity index (χ3n) is 3.65. The Morgan fingerprint density at radius 1 is 1.09 bits per heavy atom. The fourth-order valence-corrected chi connectivity index (χ4v) is 2.34. The number of carbonyl (C=O) groups is 1. The van der Waals surface area contributed by atoms with Crippen molar-refractivity contribution >= 4 is 5.91 Å². The molecule has 1 N–H and O–H groups in total. The summed E-state index contributed by atoms with van der Waals surface area (Å²) < 4.78 is 10.8. The van der Waals surface area contributed by atoms with E-state index in [1.54, 1.807) is 19.2 Å². The van der Waals surface area contributed by atoms with Crippen molar-refractivity contribution in [3.05, 3.63) is 59.7 Å². The van der Waals surface area contributed by atoms with Gasteiger partial charge in [-0.1, -0.05) is 48.9 Å². The fraction of sp³-hybridized carbons (Fsp3) is 0.316. The summed E-state index contributed by atoms with van der Waals surface area (Å²) in [6.45, 7) is 4.05. The van der Waals surface area contributed by atoms with E-state index in [-0.39, 0.29) is 18.6 Å². The lowest BCUT2D eigenvalue weighted by atomic mass is 10.0. The molecular formula is C19H23NO3. The van der Waals surface area contributed by atoms with Crippen molar-refractivity contribution in [2.45, 2.75) is 26.3 Å². The zero-order valence-electron chi connectivity index (χ0n) is 13.8. The predicted octanol–water partition coefficient (Wildman–Crippen LogP) is 3.65. The van der Waals surface area contributed by atoms with Crippen LogP contribution in [0.4, 0.5) is 0 Å². The Bertz CT molecular complexity index is 637. The number of ether oxygens (including phenoxy) is 2. The highest BCUT2D eigenvalue weighted by Gasteiger charge is 2.13. The molecule has 0 aromatic heterocycles. The highest BCUT2D eigenvalue weighted by atomic mass is 16.5. The van der Waals surface area contributed by atoms with Crippen molar-refractivity contribution in [3.63, 3.8) is 0 Å². The first-order valence-corrected chi connectivity index (χ1v) is 7.75. The van der Waals surface area contributed by atoms with Crippen LogP contribution in [0.15, 0.2) is 48.5 Å². The predicted molar refractivity (Wildman–Crippen MR) is 90.8 cm³/mol. The van der Waals surface area contributed by atoms with E-state index < -0.39 is 0 Å². The van der Waals surface area contributed by atoms with E-state index in [0.29, 0.717) is 11.5 Å². The Labute approximate surface area is 137 Å². The Balaban J connectivity index is 1.94. The molecule has 122 valence electrons. The number of nitrogens with one attached hydrogen (secondary N) is 1. The van der Waals surface area contributed by atoms with Crippen molar-refractivity contribution in [1.82, 2.24) is 5.32 Å². The molecule has 0 bridgehead atoms. The number of hydrogen-bond donors (Lipinski definition) is 1.